The summed E-state index contributed by atoms with van der Waals surface area (Å²) in [7, 11) is 0. The van der Waals surface area contributed by atoms with Gasteiger partial charge in [0.1, 0.15) is 11.8 Å². The van der Waals surface area contributed by atoms with Crippen molar-refractivity contribution >= 4 is 5.97 Å². The first-order valence-corrected chi connectivity index (χ1v) is 6.33. The van der Waals surface area contributed by atoms with Crippen LogP contribution in [0, 0.1) is 0 Å². The lowest BCUT2D eigenvalue weighted by Crippen LogP contribution is -2.43. The lowest BCUT2D eigenvalue weighted by Gasteiger charge is -2.34. The lowest BCUT2D eigenvalue weighted by atomic mass is 9.89. The Hall–Kier alpha value is -1.55. The van der Waals surface area contributed by atoms with Gasteiger partial charge < -0.3 is 10.2 Å². The Labute approximate surface area is 107 Å². The van der Waals surface area contributed by atoms with Gasteiger partial charge in [0, 0.05) is 0 Å². The van der Waals surface area contributed by atoms with Crippen molar-refractivity contribution in [3.8, 4) is 5.75 Å². The van der Waals surface area contributed by atoms with Gasteiger partial charge in [0.15, 0.2) is 0 Å². The maximum absolute atomic E-state index is 10.9. The van der Waals surface area contributed by atoms with Crippen LogP contribution in [-0.4, -0.2) is 40.2 Å². The number of piperidine rings is 1. The predicted octanol–water partition coefficient (Wildman–Crippen LogP) is 2.04. The van der Waals surface area contributed by atoms with E-state index in [1.165, 1.54) is 5.56 Å². The van der Waals surface area contributed by atoms with Crippen molar-refractivity contribution in [3.63, 3.8) is 0 Å². The molecule has 1 aliphatic rings. The predicted molar refractivity (Wildman–Crippen MR) is 68.8 cm³/mol. The molecule has 0 spiro atoms. The Morgan fingerprint density at radius 1 is 1.28 bits per heavy atom. The third-order valence-electron chi connectivity index (χ3n) is 3.80. The summed E-state index contributed by atoms with van der Waals surface area (Å²) in [5.74, 6) is 0.0108. The van der Waals surface area contributed by atoms with Gasteiger partial charge in [-0.3, -0.25) is 9.69 Å². The molecule has 1 aromatic rings. The molecule has 0 aromatic heterocycles. The molecule has 1 heterocycles. The van der Waals surface area contributed by atoms with Crippen LogP contribution in [0.25, 0.3) is 0 Å². The molecule has 18 heavy (non-hydrogen) atoms. The minimum absolute atomic E-state index is 0.288. The van der Waals surface area contributed by atoms with Gasteiger partial charge in [0.2, 0.25) is 0 Å². The Morgan fingerprint density at radius 2 is 1.83 bits per heavy atom. The molecular formula is C14H19NO3. The highest BCUT2D eigenvalue weighted by Gasteiger charge is 2.26. The number of phenolic OH excluding ortho intramolecular Hbond substituents is 1. The van der Waals surface area contributed by atoms with E-state index in [1.807, 2.05) is 17.0 Å². The zero-order valence-electron chi connectivity index (χ0n) is 10.5. The van der Waals surface area contributed by atoms with Crippen LogP contribution in [0.1, 0.15) is 31.2 Å². The SMILES string of the molecule is CC(C(=O)O)N1CCC(c2ccc(O)cc2)CC1. The van der Waals surface area contributed by atoms with Crippen molar-refractivity contribution in [3.05, 3.63) is 29.8 Å². The van der Waals surface area contributed by atoms with E-state index >= 15 is 0 Å². The number of benzene rings is 1. The quantitative estimate of drug-likeness (QED) is 0.860. The van der Waals surface area contributed by atoms with Crippen LogP contribution >= 0.6 is 0 Å². The molecule has 2 N–H and O–H groups in total. The molecule has 1 aliphatic heterocycles. The number of aliphatic carboxylic acids is 1. The number of phenols is 1. The van der Waals surface area contributed by atoms with E-state index in [0.717, 1.165) is 25.9 Å². The molecule has 98 valence electrons. The summed E-state index contributed by atoms with van der Waals surface area (Å²) in [4.78, 5) is 12.9. The fourth-order valence-corrected chi connectivity index (χ4v) is 2.52. The highest BCUT2D eigenvalue weighted by molar-refractivity contribution is 5.72. The Kier molecular flexibility index (Phi) is 3.87. The van der Waals surface area contributed by atoms with E-state index in [4.69, 9.17) is 5.11 Å². The molecule has 0 aliphatic carbocycles. The summed E-state index contributed by atoms with van der Waals surface area (Å²) in [6.07, 6.45) is 1.95. The number of carbonyl (C=O) groups is 1. The van der Waals surface area contributed by atoms with Gasteiger partial charge in [-0.25, -0.2) is 0 Å². The minimum Gasteiger partial charge on any atom is -0.508 e. The van der Waals surface area contributed by atoms with E-state index in [1.54, 1.807) is 19.1 Å². The molecule has 4 nitrogen and oxygen atoms in total. The molecule has 1 unspecified atom stereocenters. The second kappa shape index (κ2) is 5.40. The largest absolute Gasteiger partial charge is 0.508 e. The van der Waals surface area contributed by atoms with E-state index in [-0.39, 0.29) is 5.75 Å². The number of carboxylic acids is 1. The summed E-state index contributed by atoms with van der Waals surface area (Å²) >= 11 is 0. The summed E-state index contributed by atoms with van der Waals surface area (Å²) in [5.41, 5.74) is 1.23. The Morgan fingerprint density at radius 3 is 2.33 bits per heavy atom. The number of likely N-dealkylation sites (tertiary alicyclic amines) is 1. The van der Waals surface area contributed by atoms with Crippen LogP contribution < -0.4 is 0 Å². The zero-order chi connectivity index (χ0) is 13.1. The second-order valence-electron chi connectivity index (χ2n) is 4.92. The molecule has 0 amide bonds. The van der Waals surface area contributed by atoms with Crippen LogP contribution in [0.2, 0.25) is 0 Å². The topological polar surface area (TPSA) is 60.8 Å². The molecule has 0 saturated carbocycles. The minimum atomic E-state index is -0.752. The van der Waals surface area contributed by atoms with Crippen LogP contribution in [0.4, 0.5) is 0 Å². The molecule has 1 atom stereocenters. The Bertz CT molecular complexity index is 408. The number of aromatic hydroxyl groups is 1. The van der Waals surface area contributed by atoms with Gasteiger partial charge in [0.05, 0.1) is 0 Å². The normalized spacial score (nSPS) is 19.6. The van der Waals surface area contributed by atoms with Gasteiger partial charge in [-0.15, -0.1) is 0 Å². The Balaban J connectivity index is 1.94. The molecule has 1 aromatic carbocycles. The summed E-state index contributed by atoms with van der Waals surface area (Å²) in [5, 5.41) is 18.2. The van der Waals surface area contributed by atoms with Crippen LogP contribution in [0.15, 0.2) is 24.3 Å². The van der Waals surface area contributed by atoms with Crippen molar-refractivity contribution in [2.75, 3.05) is 13.1 Å². The van der Waals surface area contributed by atoms with Gasteiger partial charge in [-0.1, -0.05) is 12.1 Å². The van der Waals surface area contributed by atoms with Crippen molar-refractivity contribution in [1.29, 1.82) is 0 Å². The average Bonchev–Trinajstić information content (AvgIpc) is 2.39. The van der Waals surface area contributed by atoms with Crippen LogP contribution in [-0.2, 0) is 4.79 Å². The first-order chi connectivity index (χ1) is 8.58. The van der Waals surface area contributed by atoms with Crippen molar-refractivity contribution in [1.82, 2.24) is 4.90 Å². The molecule has 4 heteroatoms. The fourth-order valence-electron chi connectivity index (χ4n) is 2.52. The third-order valence-corrected chi connectivity index (χ3v) is 3.80. The lowest BCUT2D eigenvalue weighted by molar-refractivity contribution is -0.143. The van der Waals surface area contributed by atoms with Gasteiger partial charge in [-0.2, -0.15) is 0 Å². The van der Waals surface area contributed by atoms with Gasteiger partial charge >= 0.3 is 5.97 Å². The highest BCUT2D eigenvalue weighted by atomic mass is 16.4. The molecule has 2 rings (SSSR count). The molecular weight excluding hydrogens is 230 g/mol. The second-order valence-corrected chi connectivity index (χ2v) is 4.92. The van der Waals surface area contributed by atoms with Gasteiger partial charge in [-0.05, 0) is 56.5 Å². The molecule has 1 fully saturated rings. The summed E-state index contributed by atoms with van der Waals surface area (Å²) < 4.78 is 0. The monoisotopic (exact) mass is 249 g/mol. The number of hydrogen-bond donors (Lipinski definition) is 2. The van der Waals surface area contributed by atoms with Crippen molar-refractivity contribution in [2.45, 2.75) is 31.7 Å². The molecule has 0 bridgehead atoms. The van der Waals surface area contributed by atoms with Crippen LogP contribution in [0.5, 0.6) is 5.75 Å². The first kappa shape index (κ1) is 12.9. The van der Waals surface area contributed by atoms with E-state index in [0.29, 0.717) is 5.92 Å². The summed E-state index contributed by atoms with van der Waals surface area (Å²) in [6, 6.07) is 6.93. The van der Waals surface area contributed by atoms with Gasteiger partial charge in [0.25, 0.3) is 0 Å². The average molecular weight is 249 g/mol. The van der Waals surface area contributed by atoms with E-state index < -0.39 is 12.0 Å². The number of nitrogens with zero attached hydrogens (tertiary/aromatic N) is 1. The highest BCUT2D eigenvalue weighted by Crippen LogP contribution is 2.29. The molecule has 1 saturated heterocycles. The maximum atomic E-state index is 10.9. The van der Waals surface area contributed by atoms with Crippen molar-refractivity contribution < 1.29 is 15.0 Å². The standard InChI is InChI=1S/C14H19NO3/c1-10(14(17)18)15-8-6-12(7-9-15)11-2-4-13(16)5-3-11/h2-5,10,12,16H,6-9H2,1H3,(H,17,18). The van der Waals surface area contributed by atoms with Crippen molar-refractivity contribution in [2.24, 2.45) is 0 Å². The number of carboxylic acid groups (broad SMARTS) is 1. The number of rotatable bonds is 3. The first-order valence-electron chi connectivity index (χ1n) is 6.33. The maximum Gasteiger partial charge on any atom is 0.320 e. The zero-order valence-corrected chi connectivity index (χ0v) is 10.5. The third kappa shape index (κ3) is 2.82. The van der Waals surface area contributed by atoms with E-state index in [2.05, 4.69) is 0 Å². The smallest absolute Gasteiger partial charge is 0.320 e. The fraction of sp³-hybridized carbons (Fsp3) is 0.500. The number of hydrogen-bond acceptors (Lipinski definition) is 3. The van der Waals surface area contributed by atoms with Crippen LogP contribution in [0.3, 0.4) is 0 Å². The summed E-state index contributed by atoms with van der Waals surface area (Å²) in [6.45, 7) is 3.38. The van der Waals surface area contributed by atoms with E-state index in [9.17, 15) is 9.90 Å². The molecule has 0 radical (unpaired) electrons.